The van der Waals surface area contributed by atoms with Crippen LogP contribution in [0.4, 0.5) is 11.5 Å². The number of carbonyl (C=O) groups excluding carboxylic acids is 1. The van der Waals surface area contributed by atoms with Crippen LogP contribution in [-0.4, -0.2) is 62.7 Å². The highest BCUT2D eigenvalue weighted by Crippen LogP contribution is 2.23. The van der Waals surface area contributed by atoms with Gasteiger partial charge in [0.15, 0.2) is 5.69 Å². The standard InChI is InChI=1S/C18H23N9O4/c1-4-26(5-2)12-7-6-11(14(28)8-12)9-20-22-18(29)15-13(10-30-3)27(25-21-15)17-16(19)23-31-24-17/h6-9,28H,4-5,10H2,1-3H3,(H2,19,23)(H,22,29). The molecular formula is C18H23N9O4. The van der Waals surface area contributed by atoms with Crippen molar-refractivity contribution in [3.63, 3.8) is 0 Å². The number of carbonyl (C=O) groups is 1. The van der Waals surface area contributed by atoms with Crippen LogP contribution in [0.25, 0.3) is 5.82 Å². The highest BCUT2D eigenvalue weighted by atomic mass is 16.6. The minimum absolute atomic E-state index is 0.000620. The van der Waals surface area contributed by atoms with Crippen molar-refractivity contribution in [1.29, 1.82) is 0 Å². The Kier molecular flexibility index (Phi) is 6.77. The Labute approximate surface area is 177 Å². The Hall–Kier alpha value is -4.00. The number of nitrogens with zero attached hydrogens (tertiary/aromatic N) is 7. The molecule has 1 aromatic carbocycles. The summed E-state index contributed by atoms with van der Waals surface area (Å²) >= 11 is 0. The lowest BCUT2D eigenvalue weighted by Gasteiger charge is -2.21. The molecule has 0 bridgehead atoms. The van der Waals surface area contributed by atoms with Gasteiger partial charge in [0.25, 0.3) is 5.91 Å². The van der Waals surface area contributed by atoms with Gasteiger partial charge >= 0.3 is 0 Å². The van der Waals surface area contributed by atoms with E-state index in [4.69, 9.17) is 10.5 Å². The molecule has 0 spiro atoms. The number of nitrogens with two attached hydrogens (primary N) is 1. The number of nitrogen functional groups attached to an aromatic ring is 1. The molecule has 13 heteroatoms. The number of aromatic nitrogens is 5. The zero-order valence-corrected chi connectivity index (χ0v) is 17.3. The summed E-state index contributed by atoms with van der Waals surface area (Å²) in [5.74, 6) is -0.526. The summed E-state index contributed by atoms with van der Waals surface area (Å²) < 4.78 is 10.9. The molecule has 0 fully saturated rings. The van der Waals surface area contributed by atoms with Crippen molar-refractivity contribution in [3.8, 4) is 11.6 Å². The number of hydrogen-bond acceptors (Lipinski definition) is 11. The SMILES string of the molecule is CCN(CC)c1ccc(C=NNC(=O)c2nnn(-c3nonc3N)c2COC)c(O)c1. The molecule has 2 aromatic heterocycles. The molecule has 164 valence electrons. The number of anilines is 2. The Balaban J connectivity index is 1.76. The molecule has 3 rings (SSSR count). The molecule has 0 saturated heterocycles. The van der Waals surface area contributed by atoms with E-state index in [9.17, 15) is 9.90 Å². The normalized spacial score (nSPS) is 11.2. The molecule has 31 heavy (non-hydrogen) atoms. The Morgan fingerprint density at radius 2 is 2.16 bits per heavy atom. The van der Waals surface area contributed by atoms with Crippen LogP contribution >= 0.6 is 0 Å². The Bertz CT molecular complexity index is 1070. The topological polar surface area (TPSA) is 170 Å². The maximum Gasteiger partial charge on any atom is 0.293 e. The third-order valence-corrected chi connectivity index (χ3v) is 4.47. The van der Waals surface area contributed by atoms with Crippen LogP contribution in [0, 0.1) is 0 Å². The Morgan fingerprint density at radius 3 is 2.77 bits per heavy atom. The number of hydrogen-bond donors (Lipinski definition) is 3. The van der Waals surface area contributed by atoms with Gasteiger partial charge in [-0.1, -0.05) is 5.21 Å². The Morgan fingerprint density at radius 1 is 1.39 bits per heavy atom. The van der Waals surface area contributed by atoms with Crippen LogP contribution in [-0.2, 0) is 11.3 Å². The first-order valence-electron chi connectivity index (χ1n) is 9.43. The molecule has 0 aliphatic heterocycles. The van der Waals surface area contributed by atoms with E-state index in [0.717, 1.165) is 18.8 Å². The number of amides is 1. The van der Waals surface area contributed by atoms with Crippen LogP contribution in [0.5, 0.6) is 5.75 Å². The fourth-order valence-corrected chi connectivity index (χ4v) is 2.89. The van der Waals surface area contributed by atoms with E-state index in [1.54, 1.807) is 12.1 Å². The van der Waals surface area contributed by atoms with E-state index in [1.807, 2.05) is 19.9 Å². The number of aromatic hydroxyl groups is 1. The summed E-state index contributed by atoms with van der Waals surface area (Å²) in [5.41, 5.74) is 9.61. The number of rotatable bonds is 9. The summed E-state index contributed by atoms with van der Waals surface area (Å²) in [6.45, 7) is 5.71. The summed E-state index contributed by atoms with van der Waals surface area (Å²) in [5, 5.41) is 29.0. The van der Waals surface area contributed by atoms with Gasteiger partial charge < -0.3 is 20.5 Å². The molecule has 0 unspecified atom stereocenters. The van der Waals surface area contributed by atoms with Crippen molar-refractivity contribution in [2.75, 3.05) is 30.8 Å². The van der Waals surface area contributed by atoms with Crippen molar-refractivity contribution in [3.05, 3.63) is 35.2 Å². The zero-order valence-electron chi connectivity index (χ0n) is 17.3. The van der Waals surface area contributed by atoms with E-state index in [1.165, 1.54) is 18.0 Å². The number of methoxy groups -OCH3 is 1. The van der Waals surface area contributed by atoms with Crippen molar-refractivity contribution >= 4 is 23.6 Å². The molecule has 0 aliphatic carbocycles. The minimum Gasteiger partial charge on any atom is -0.507 e. The van der Waals surface area contributed by atoms with E-state index >= 15 is 0 Å². The highest BCUT2D eigenvalue weighted by Gasteiger charge is 2.23. The summed E-state index contributed by atoms with van der Waals surface area (Å²) in [6, 6.07) is 5.23. The lowest BCUT2D eigenvalue weighted by molar-refractivity contribution is 0.0944. The van der Waals surface area contributed by atoms with E-state index in [2.05, 4.69) is 40.7 Å². The van der Waals surface area contributed by atoms with Gasteiger partial charge in [0.05, 0.1) is 12.8 Å². The van der Waals surface area contributed by atoms with Crippen LogP contribution in [0.15, 0.2) is 27.9 Å². The maximum absolute atomic E-state index is 12.5. The summed E-state index contributed by atoms with van der Waals surface area (Å²) in [6.07, 6.45) is 1.33. The second-order valence-electron chi connectivity index (χ2n) is 6.32. The predicted molar refractivity (Wildman–Crippen MR) is 111 cm³/mol. The number of phenols is 1. The molecule has 13 nitrogen and oxygen atoms in total. The van der Waals surface area contributed by atoms with E-state index in [-0.39, 0.29) is 35.4 Å². The highest BCUT2D eigenvalue weighted by molar-refractivity contribution is 5.94. The van der Waals surface area contributed by atoms with Crippen molar-refractivity contribution < 1.29 is 19.3 Å². The zero-order chi connectivity index (χ0) is 22.4. The first-order chi connectivity index (χ1) is 15.0. The quantitative estimate of drug-likeness (QED) is 0.325. The minimum atomic E-state index is -0.635. The largest absolute Gasteiger partial charge is 0.507 e. The van der Waals surface area contributed by atoms with Crippen molar-refractivity contribution in [1.82, 2.24) is 30.7 Å². The van der Waals surface area contributed by atoms with Gasteiger partial charge in [-0.25, -0.2) is 10.1 Å². The van der Waals surface area contributed by atoms with Crippen molar-refractivity contribution in [2.45, 2.75) is 20.5 Å². The first-order valence-corrected chi connectivity index (χ1v) is 9.43. The maximum atomic E-state index is 12.5. The molecule has 0 saturated carbocycles. The van der Waals surface area contributed by atoms with Gasteiger partial charge in [-0.2, -0.15) is 9.78 Å². The third kappa shape index (κ3) is 4.61. The fourth-order valence-electron chi connectivity index (χ4n) is 2.89. The molecule has 2 heterocycles. The van der Waals surface area contributed by atoms with Gasteiger partial charge in [-0.3, -0.25) is 4.79 Å². The monoisotopic (exact) mass is 429 g/mol. The van der Waals surface area contributed by atoms with Gasteiger partial charge in [-0.05, 0) is 36.3 Å². The van der Waals surface area contributed by atoms with Gasteiger partial charge in [-0.15, -0.1) is 5.10 Å². The number of nitrogens with one attached hydrogen (secondary N) is 1. The molecule has 4 N–H and O–H groups in total. The smallest absolute Gasteiger partial charge is 0.293 e. The number of hydrazone groups is 1. The number of ether oxygens (including phenoxy) is 1. The summed E-state index contributed by atoms with van der Waals surface area (Å²) in [7, 11) is 1.45. The van der Waals surface area contributed by atoms with Crippen LogP contribution in [0.2, 0.25) is 0 Å². The molecule has 0 atom stereocenters. The van der Waals surface area contributed by atoms with Gasteiger partial charge in [0.2, 0.25) is 11.6 Å². The average molecular weight is 429 g/mol. The van der Waals surface area contributed by atoms with Gasteiger partial charge in [0, 0.05) is 37.5 Å². The van der Waals surface area contributed by atoms with E-state index in [0.29, 0.717) is 5.56 Å². The number of phenolic OH excluding ortho intramolecular Hbond substituents is 1. The second kappa shape index (κ2) is 9.67. The third-order valence-electron chi connectivity index (χ3n) is 4.47. The van der Waals surface area contributed by atoms with Crippen LogP contribution in [0.1, 0.15) is 35.6 Å². The second-order valence-corrected chi connectivity index (χ2v) is 6.32. The average Bonchev–Trinajstić information content (AvgIpc) is 3.36. The van der Waals surface area contributed by atoms with Crippen LogP contribution in [0.3, 0.4) is 0 Å². The lowest BCUT2D eigenvalue weighted by atomic mass is 10.2. The van der Waals surface area contributed by atoms with Crippen LogP contribution < -0.4 is 16.1 Å². The molecule has 3 aromatic rings. The fraction of sp³-hybridized carbons (Fsp3) is 0.333. The number of benzene rings is 1. The molecular weight excluding hydrogens is 406 g/mol. The van der Waals surface area contributed by atoms with Gasteiger partial charge in [0.1, 0.15) is 11.4 Å². The molecule has 0 radical (unpaired) electrons. The van der Waals surface area contributed by atoms with Crippen molar-refractivity contribution in [2.24, 2.45) is 5.10 Å². The van der Waals surface area contributed by atoms with E-state index < -0.39 is 5.91 Å². The molecule has 0 aliphatic rings. The summed E-state index contributed by atoms with van der Waals surface area (Å²) in [4.78, 5) is 14.6. The lowest BCUT2D eigenvalue weighted by Crippen LogP contribution is -2.21. The molecule has 1 amide bonds. The predicted octanol–water partition coefficient (Wildman–Crippen LogP) is 0.695. The first kappa shape index (κ1) is 21.7.